The maximum Gasteiger partial charge on any atom is 0.221 e. The van der Waals surface area contributed by atoms with Crippen LogP contribution >= 0.6 is 0 Å². The highest BCUT2D eigenvalue weighted by Crippen LogP contribution is 2.22. The molecule has 0 saturated carbocycles. The molecule has 0 bridgehead atoms. The molecule has 1 fully saturated rings. The molecule has 18 heavy (non-hydrogen) atoms. The molecule has 4 heteroatoms. The predicted molar refractivity (Wildman–Crippen MR) is 75.3 cm³/mol. The number of nitrogens with one attached hydrogen (secondary N) is 1. The van der Waals surface area contributed by atoms with Crippen molar-refractivity contribution in [3.63, 3.8) is 0 Å². The summed E-state index contributed by atoms with van der Waals surface area (Å²) in [6, 6.07) is 0.420. The monoisotopic (exact) mass is 255 g/mol. The van der Waals surface area contributed by atoms with Crippen LogP contribution in [0.15, 0.2) is 0 Å². The second-order valence-electron chi connectivity index (χ2n) is 5.70. The van der Waals surface area contributed by atoms with Crippen LogP contribution in [-0.4, -0.2) is 42.5 Å². The van der Waals surface area contributed by atoms with Crippen LogP contribution in [0.1, 0.15) is 46.5 Å². The molecule has 1 atom stereocenters. The van der Waals surface area contributed by atoms with Gasteiger partial charge in [0.05, 0.1) is 0 Å². The molecule has 1 amide bonds. The Kier molecular flexibility index (Phi) is 6.65. The van der Waals surface area contributed by atoms with E-state index >= 15 is 0 Å². The van der Waals surface area contributed by atoms with Crippen molar-refractivity contribution in [2.45, 2.75) is 58.5 Å². The summed E-state index contributed by atoms with van der Waals surface area (Å²) in [7, 11) is 0. The average Bonchev–Trinajstić information content (AvgIpc) is 2.35. The van der Waals surface area contributed by atoms with E-state index in [0.29, 0.717) is 13.0 Å². The lowest BCUT2D eigenvalue weighted by Crippen LogP contribution is -2.47. The lowest BCUT2D eigenvalue weighted by molar-refractivity contribution is -0.122. The molecule has 1 aliphatic rings. The fourth-order valence-electron chi connectivity index (χ4n) is 2.68. The van der Waals surface area contributed by atoms with Crippen LogP contribution in [0.2, 0.25) is 0 Å². The standard InChI is InChI=1S/C14H29N3O/c1-4-12-5-7-17(8-6-12)13(10-15)9-14(18)16-11(2)3/h11-13H,4-10,15H2,1-3H3,(H,16,18). The Morgan fingerprint density at radius 3 is 2.44 bits per heavy atom. The van der Waals surface area contributed by atoms with E-state index in [-0.39, 0.29) is 18.0 Å². The number of carbonyl (C=O) groups is 1. The second-order valence-corrected chi connectivity index (χ2v) is 5.70. The number of carbonyl (C=O) groups excluding carboxylic acids is 1. The highest BCUT2D eigenvalue weighted by Gasteiger charge is 2.25. The number of amides is 1. The summed E-state index contributed by atoms with van der Waals surface area (Å²) in [5.74, 6) is 0.988. The number of nitrogens with zero attached hydrogens (tertiary/aromatic N) is 1. The molecule has 4 nitrogen and oxygen atoms in total. The summed E-state index contributed by atoms with van der Waals surface area (Å²) in [5.41, 5.74) is 5.83. The maximum atomic E-state index is 11.8. The number of hydrogen-bond donors (Lipinski definition) is 2. The number of nitrogens with two attached hydrogens (primary N) is 1. The van der Waals surface area contributed by atoms with Gasteiger partial charge < -0.3 is 11.1 Å². The molecule has 0 spiro atoms. The third-order valence-electron chi connectivity index (χ3n) is 3.89. The van der Waals surface area contributed by atoms with Crippen molar-refractivity contribution in [2.75, 3.05) is 19.6 Å². The van der Waals surface area contributed by atoms with Gasteiger partial charge in [-0.3, -0.25) is 9.69 Å². The van der Waals surface area contributed by atoms with E-state index < -0.39 is 0 Å². The SMILES string of the molecule is CCC1CCN(C(CN)CC(=O)NC(C)C)CC1. The van der Waals surface area contributed by atoms with Gasteiger partial charge in [-0.15, -0.1) is 0 Å². The first-order valence-electron chi connectivity index (χ1n) is 7.30. The summed E-state index contributed by atoms with van der Waals surface area (Å²) >= 11 is 0. The summed E-state index contributed by atoms with van der Waals surface area (Å²) in [6.45, 7) is 8.99. The van der Waals surface area contributed by atoms with Gasteiger partial charge in [0.2, 0.25) is 5.91 Å². The van der Waals surface area contributed by atoms with Crippen LogP contribution in [0.3, 0.4) is 0 Å². The minimum atomic E-state index is 0.123. The Hall–Kier alpha value is -0.610. The van der Waals surface area contributed by atoms with Gasteiger partial charge in [0.1, 0.15) is 0 Å². The van der Waals surface area contributed by atoms with Gasteiger partial charge in [-0.1, -0.05) is 13.3 Å². The third kappa shape index (κ3) is 4.94. The van der Waals surface area contributed by atoms with Crippen LogP contribution < -0.4 is 11.1 Å². The van der Waals surface area contributed by atoms with E-state index in [0.717, 1.165) is 19.0 Å². The topological polar surface area (TPSA) is 58.4 Å². The Bertz CT molecular complexity index is 247. The minimum absolute atomic E-state index is 0.123. The van der Waals surface area contributed by atoms with Crippen molar-refractivity contribution in [2.24, 2.45) is 11.7 Å². The molecule has 1 rings (SSSR count). The van der Waals surface area contributed by atoms with Crippen LogP contribution in [0, 0.1) is 5.92 Å². The number of rotatable bonds is 6. The van der Waals surface area contributed by atoms with Gasteiger partial charge >= 0.3 is 0 Å². The van der Waals surface area contributed by atoms with E-state index in [1.54, 1.807) is 0 Å². The molecule has 3 N–H and O–H groups in total. The smallest absolute Gasteiger partial charge is 0.221 e. The molecule has 1 aliphatic heterocycles. The first kappa shape index (κ1) is 15.4. The maximum absolute atomic E-state index is 11.8. The molecule has 0 aromatic heterocycles. The highest BCUT2D eigenvalue weighted by atomic mass is 16.1. The number of likely N-dealkylation sites (tertiary alicyclic amines) is 1. The highest BCUT2D eigenvalue weighted by molar-refractivity contribution is 5.76. The van der Waals surface area contributed by atoms with Crippen molar-refractivity contribution in [1.82, 2.24) is 10.2 Å². The molecule has 1 saturated heterocycles. The Morgan fingerprint density at radius 1 is 1.39 bits per heavy atom. The Balaban J connectivity index is 2.39. The largest absolute Gasteiger partial charge is 0.354 e. The normalized spacial score (nSPS) is 20.1. The van der Waals surface area contributed by atoms with Crippen molar-refractivity contribution < 1.29 is 4.79 Å². The summed E-state index contributed by atoms with van der Waals surface area (Å²) < 4.78 is 0. The summed E-state index contributed by atoms with van der Waals surface area (Å²) in [6.07, 6.45) is 4.30. The van der Waals surface area contributed by atoms with Gasteiger partial charge in [0, 0.05) is 25.0 Å². The zero-order valence-corrected chi connectivity index (χ0v) is 12.1. The second kappa shape index (κ2) is 7.74. The first-order chi connectivity index (χ1) is 8.56. The number of piperidine rings is 1. The van der Waals surface area contributed by atoms with Crippen LogP contribution in [-0.2, 0) is 4.79 Å². The van der Waals surface area contributed by atoms with E-state index in [9.17, 15) is 4.79 Å². The summed E-state index contributed by atoms with van der Waals surface area (Å²) in [4.78, 5) is 14.2. The lowest BCUT2D eigenvalue weighted by Gasteiger charge is -2.36. The van der Waals surface area contributed by atoms with E-state index in [4.69, 9.17) is 5.73 Å². The van der Waals surface area contributed by atoms with Gasteiger partial charge in [-0.2, -0.15) is 0 Å². The summed E-state index contributed by atoms with van der Waals surface area (Å²) in [5, 5.41) is 2.95. The molecule has 1 unspecified atom stereocenters. The van der Waals surface area contributed by atoms with Crippen molar-refractivity contribution in [3.8, 4) is 0 Å². The van der Waals surface area contributed by atoms with Gasteiger partial charge in [0.25, 0.3) is 0 Å². The molecule has 0 radical (unpaired) electrons. The van der Waals surface area contributed by atoms with Gasteiger partial charge in [-0.25, -0.2) is 0 Å². The fraction of sp³-hybridized carbons (Fsp3) is 0.929. The molecular weight excluding hydrogens is 226 g/mol. The molecule has 1 heterocycles. The van der Waals surface area contributed by atoms with Gasteiger partial charge in [-0.05, 0) is 45.7 Å². The van der Waals surface area contributed by atoms with Crippen LogP contribution in [0.25, 0.3) is 0 Å². The van der Waals surface area contributed by atoms with Crippen molar-refractivity contribution >= 4 is 5.91 Å². The minimum Gasteiger partial charge on any atom is -0.354 e. The molecule has 0 aromatic rings. The van der Waals surface area contributed by atoms with Crippen LogP contribution in [0.4, 0.5) is 0 Å². The molecule has 0 aromatic carbocycles. The Labute approximate surface area is 111 Å². The predicted octanol–water partition coefficient (Wildman–Crippen LogP) is 1.35. The zero-order chi connectivity index (χ0) is 13.5. The molecule has 0 aliphatic carbocycles. The first-order valence-corrected chi connectivity index (χ1v) is 7.30. The third-order valence-corrected chi connectivity index (χ3v) is 3.89. The average molecular weight is 255 g/mol. The van der Waals surface area contributed by atoms with Crippen LogP contribution in [0.5, 0.6) is 0 Å². The van der Waals surface area contributed by atoms with E-state index in [1.165, 1.54) is 19.3 Å². The zero-order valence-electron chi connectivity index (χ0n) is 12.1. The Morgan fingerprint density at radius 2 is 2.00 bits per heavy atom. The van der Waals surface area contributed by atoms with Gasteiger partial charge in [0.15, 0.2) is 0 Å². The quantitative estimate of drug-likeness (QED) is 0.753. The number of hydrogen-bond acceptors (Lipinski definition) is 3. The lowest BCUT2D eigenvalue weighted by atomic mass is 9.93. The van der Waals surface area contributed by atoms with E-state index in [2.05, 4.69) is 17.1 Å². The van der Waals surface area contributed by atoms with Crippen molar-refractivity contribution in [3.05, 3.63) is 0 Å². The molecule has 106 valence electrons. The van der Waals surface area contributed by atoms with E-state index in [1.807, 2.05) is 13.8 Å². The molecular formula is C14H29N3O. The fourth-order valence-corrected chi connectivity index (χ4v) is 2.68. The van der Waals surface area contributed by atoms with Crippen molar-refractivity contribution in [1.29, 1.82) is 0 Å².